The number of oxime groups is 1. The number of anilines is 1. The van der Waals surface area contributed by atoms with Crippen molar-refractivity contribution in [2.75, 3.05) is 11.9 Å². The molecule has 2 aliphatic rings. The number of hydrogen-bond acceptors (Lipinski definition) is 8. The molecule has 0 bridgehead atoms. The van der Waals surface area contributed by atoms with Crippen LogP contribution in [0.1, 0.15) is 37.7 Å². The quantitative estimate of drug-likeness (QED) is 0.293. The van der Waals surface area contributed by atoms with Crippen molar-refractivity contribution in [3.05, 3.63) is 48.3 Å². The van der Waals surface area contributed by atoms with E-state index < -0.39 is 29.7 Å². The summed E-state index contributed by atoms with van der Waals surface area (Å²) in [5.41, 5.74) is 0.577. The van der Waals surface area contributed by atoms with Crippen molar-refractivity contribution >= 4 is 30.1 Å². The molecule has 192 valence electrons. The summed E-state index contributed by atoms with van der Waals surface area (Å²) in [6.45, 7) is 0.761. The van der Waals surface area contributed by atoms with E-state index in [0.29, 0.717) is 24.5 Å². The Bertz CT molecular complexity index is 1050. The lowest BCUT2D eigenvalue weighted by atomic mass is 9.75. The molecule has 1 spiro atoms. The second kappa shape index (κ2) is 11.6. The van der Waals surface area contributed by atoms with Crippen LogP contribution >= 0.6 is 0 Å². The third kappa shape index (κ3) is 6.32. The Morgan fingerprint density at radius 3 is 2.72 bits per heavy atom. The van der Waals surface area contributed by atoms with Crippen LogP contribution in [0.25, 0.3) is 0 Å². The number of carboxylic acid groups (broad SMARTS) is 1. The number of carboxylic acids is 1. The molecule has 1 aliphatic heterocycles. The molecule has 2 heterocycles. The first-order valence-electron chi connectivity index (χ1n) is 11.9. The van der Waals surface area contributed by atoms with E-state index in [9.17, 15) is 19.5 Å². The number of ether oxygens (including phenoxy) is 1. The molecule has 2 atom stereocenters. The van der Waals surface area contributed by atoms with Gasteiger partial charge >= 0.3 is 12.1 Å². The minimum Gasteiger partial charge on any atom is -0.480 e. The number of H-pyrrole nitrogens is 1. The number of aliphatic carboxylic acids is 1. The fourth-order valence-corrected chi connectivity index (χ4v) is 4.63. The Kier molecular flexibility index (Phi) is 8.03. The predicted octanol–water partition coefficient (Wildman–Crippen LogP) is 2.02. The lowest BCUT2D eigenvalue weighted by Gasteiger charge is -2.35. The largest absolute Gasteiger partial charge is 0.480 e. The summed E-state index contributed by atoms with van der Waals surface area (Å²) in [6, 6.07) is 6.44. The predicted molar refractivity (Wildman–Crippen MR) is 129 cm³/mol. The third-order valence-corrected chi connectivity index (χ3v) is 6.62. The number of imidazole rings is 1. The summed E-state index contributed by atoms with van der Waals surface area (Å²) in [5.74, 6) is -0.164. The van der Waals surface area contributed by atoms with Gasteiger partial charge in [-0.3, -0.25) is 4.79 Å². The van der Waals surface area contributed by atoms with E-state index in [0.717, 1.165) is 43.7 Å². The molecule has 36 heavy (non-hydrogen) atoms. The number of aromatic amines is 1. The summed E-state index contributed by atoms with van der Waals surface area (Å²) in [5, 5.41) is 22.1. The maximum absolute atomic E-state index is 12.3. The van der Waals surface area contributed by atoms with Crippen LogP contribution in [0.4, 0.5) is 10.7 Å². The van der Waals surface area contributed by atoms with Gasteiger partial charge in [-0.05, 0) is 37.2 Å². The number of nitrogens with one attached hydrogen (secondary N) is 4. The summed E-state index contributed by atoms with van der Waals surface area (Å²) in [4.78, 5) is 48.7. The SMILES string of the molecule is O=CNC(C1=NOC2(CCC(CNc3ncc[nH]3)CC2)C1)[C@H](NC(=O)OCc1ccccc1)C(=O)O. The molecule has 12 nitrogen and oxygen atoms in total. The molecular weight excluding hydrogens is 468 g/mol. The van der Waals surface area contributed by atoms with Crippen LogP contribution in [0.5, 0.6) is 0 Å². The minimum atomic E-state index is -1.48. The van der Waals surface area contributed by atoms with Crippen molar-refractivity contribution in [2.24, 2.45) is 11.1 Å². The molecular formula is C24H30N6O6. The van der Waals surface area contributed by atoms with E-state index in [-0.39, 0.29) is 6.61 Å². The average Bonchev–Trinajstić information content (AvgIpc) is 3.56. The van der Waals surface area contributed by atoms with E-state index in [1.165, 1.54) is 0 Å². The van der Waals surface area contributed by atoms with Crippen LogP contribution in [-0.4, -0.2) is 63.5 Å². The average molecular weight is 499 g/mol. The summed E-state index contributed by atoms with van der Waals surface area (Å²) < 4.78 is 5.16. The van der Waals surface area contributed by atoms with Crippen LogP contribution in [0, 0.1) is 5.92 Å². The first kappa shape index (κ1) is 25.0. The van der Waals surface area contributed by atoms with Crippen molar-refractivity contribution in [1.82, 2.24) is 20.6 Å². The molecule has 1 unspecified atom stereocenters. The summed E-state index contributed by atoms with van der Waals surface area (Å²) >= 11 is 0. The first-order chi connectivity index (χ1) is 17.5. The van der Waals surface area contributed by atoms with Gasteiger partial charge in [0.1, 0.15) is 18.2 Å². The highest BCUT2D eigenvalue weighted by Gasteiger charge is 2.46. The van der Waals surface area contributed by atoms with E-state index in [2.05, 4.69) is 31.1 Å². The Balaban J connectivity index is 1.32. The molecule has 5 N–H and O–H groups in total. The van der Waals surface area contributed by atoms with Crippen molar-refractivity contribution < 1.29 is 29.1 Å². The van der Waals surface area contributed by atoms with Crippen LogP contribution in [0.2, 0.25) is 0 Å². The smallest absolute Gasteiger partial charge is 0.408 e. The van der Waals surface area contributed by atoms with Crippen LogP contribution in [-0.2, 0) is 25.8 Å². The van der Waals surface area contributed by atoms with Gasteiger partial charge in [0.15, 0.2) is 12.0 Å². The zero-order chi connectivity index (χ0) is 25.4. The van der Waals surface area contributed by atoms with E-state index >= 15 is 0 Å². The molecule has 1 aliphatic carbocycles. The van der Waals surface area contributed by atoms with E-state index in [1.807, 2.05) is 6.07 Å². The minimum absolute atomic E-state index is 0.0199. The fraction of sp³-hybridized carbons (Fsp3) is 0.458. The highest BCUT2D eigenvalue weighted by atomic mass is 16.7. The number of amides is 2. The number of nitrogens with zero attached hydrogens (tertiary/aromatic N) is 2. The van der Waals surface area contributed by atoms with Gasteiger partial charge in [-0.25, -0.2) is 14.6 Å². The second-order valence-electron chi connectivity index (χ2n) is 9.08. The van der Waals surface area contributed by atoms with Gasteiger partial charge in [0.05, 0.1) is 5.71 Å². The molecule has 12 heteroatoms. The highest BCUT2D eigenvalue weighted by molar-refractivity contribution is 5.98. The molecule has 0 radical (unpaired) electrons. The normalized spacial score (nSPS) is 22.6. The van der Waals surface area contributed by atoms with Crippen LogP contribution in [0.15, 0.2) is 47.9 Å². The number of hydrogen-bond donors (Lipinski definition) is 5. The summed E-state index contributed by atoms with van der Waals surface area (Å²) in [7, 11) is 0. The molecule has 1 aromatic heterocycles. The topological polar surface area (TPSA) is 167 Å². The number of carbonyl (C=O) groups is 3. The van der Waals surface area contributed by atoms with Crippen molar-refractivity contribution in [3.8, 4) is 0 Å². The summed E-state index contributed by atoms with van der Waals surface area (Å²) in [6.07, 6.45) is 6.56. The Morgan fingerprint density at radius 1 is 1.28 bits per heavy atom. The van der Waals surface area contributed by atoms with Gasteiger partial charge < -0.3 is 35.6 Å². The maximum Gasteiger partial charge on any atom is 0.408 e. The maximum atomic E-state index is 12.3. The second-order valence-corrected chi connectivity index (χ2v) is 9.08. The molecule has 1 fully saturated rings. The fourth-order valence-electron chi connectivity index (χ4n) is 4.63. The number of benzene rings is 1. The van der Waals surface area contributed by atoms with Gasteiger partial charge in [0.25, 0.3) is 0 Å². The Morgan fingerprint density at radius 2 is 2.06 bits per heavy atom. The van der Waals surface area contributed by atoms with Gasteiger partial charge in [-0.1, -0.05) is 35.5 Å². The molecule has 4 rings (SSSR count). The van der Waals surface area contributed by atoms with Gasteiger partial charge in [0.2, 0.25) is 6.41 Å². The molecule has 2 aromatic rings. The standard InChI is InChI=1S/C24H30N6O6/c31-15-28-19(20(21(32)33)29-23(34)35-14-17-4-2-1-3-5-17)18-12-24(36-30-18)8-6-16(7-9-24)13-27-22-25-10-11-26-22/h1-5,10-11,15-16,19-20H,6-9,12-14H2,(H,28,31)(H,29,34)(H,32,33)(H2,25,26,27)/t16?,19?,20-,24?/m0/s1. The molecule has 0 saturated heterocycles. The number of carbonyl (C=O) groups excluding carboxylic acids is 2. The van der Waals surface area contributed by atoms with Gasteiger partial charge in [0, 0.05) is 25.4 Å². The zero-order valence-corrected chi connectivity index (χ0v) is 19.7. The van der Waals surface area contributed by atoms with E-state index in [1.54, 1.807) is 36.7 Å². The highest BCUT2D eigenvalue weighted by Crippen LogP contribution is 2.41. The molecule has 1 saturated carbocycles. The number of aromatic nitrogens is 2. The van der Waals surface area contributed by atoms with Crippen LogP contribution < -0.4 is 16.0 Å². The number of alkyl carbamates (subject to hydrolysis) is 1. The molecule has 2 amide bonds. The van der Waals surface area contributed by atoms with Crippen molar-refractivity contribution in [2.45, 2.75) is 56.4 Å². The van der Waals surface area contributed by atoms with Gasteiger partial charge in [-0.15, -0.1) is 0 Å². The van der Waals surface area contributed by atoms with Crippen molar-refractivity contribution in [1.29, 1.82) is 0 Å². The van der Waals surface area contributed by atoms with E-state index in [4.69, 9.17) is 9.57 Å². The lowest BCUT2D eigenvalue weighted by molar-refractivity contribution is -0.139. The third-order valence-electron chi connectivity index (χ3n) is 6.62. The lowest BCUT2D eigenvalue weighted by Crippen LogP contribution is -2.57. The first-order valence-corrected chi connectivity index (χ1v) is 11.9. The Hall–Kier alpha value is -4.09. The van der Waals surface area contributed by atoms with Crippen LogP contribution in [0.3, 0.4) is 0 Å². The zero-order valence-electron chi connectivity index (χ0n) is 19.7. The molecule has 1 aromatic carbocycles. The van der Waals surface area contributed by atoms with Crippen molar-refractivity contribution in [3.63, 3.8) is 0 Å². The number of rotatable bonds is 11. The monoisotopic (exact) mass is 498 g/mol. The Labute approximate surface area is 207 Å². The van der Waals surface area contributed by atoms with Gasteiger partial charge in [-0.2, -0.15) is 0 Å².